The van der Waals surface area contributed by atoms with Crippen LogP contribution in [0, 0.1) is 5.92 Å². The molecule has 0 spiro atoms. The first-order valence-corrected chi connectivity index (χ1v) is 9.67. The van der Waals surface area contributed by atoms with Crippen molar-refractivity contribution >= 4 is 34.4 Å². The van der Waals surface area contributed by atoms with Crippen molar-refractivity contribution in [3.63, 3.8) is 0 Å². The normalized spacial score (nSPS) is 19.9. The van der Waals surface area contributed by atoms with Crippen molar-refractivity contribution < 1.29 is 9.90 Å². The molecule has 3 heterocycles. The van der Waals surface area contributed by atoms with Crippen molar-refractivity contribution in [2.45, 2.75) is 11.4 Å². The van der Waals surface area contributed by atoms with Gasteiger partial charge >= 0.3 is 0 Å². The van der Waals surface area contributed by atoms with Gasteiger partial charge in [-0.3, -0.25) is 4.79 Å². The van der Waals surface area contributed by atoms with Crippen LogP contribution >= 0.6 is 11.8 Å². The second-order valence-electron chi connectivity index (χ2n) is 6.31. The molecule has 27 heavy (non-hydrogen) atoms. The first-order chi connectivity index (χ1) is 13.3. The molecule has 2 unspecified atom stereocenters. The van der Waals surface area contributed by atoms with Crippen LogP contribution in [0.5, 0.6) is 0 Å². The number of aromatic nitrogens is 2. The van der Waals surface area contributed by atoms with Crippen molar-refractivity contribution in [2.24, 2.45) is 5.92 Å². The zero-order chi connectivity index (χ0) is 18.6. The average molecular weight is 380 g/mol. The Morgan fingerprint density at radius 3 is 2.93 bits per heavy atom. The summed E-state index contributed by atoms with van der Waals surface area (Å²) in [5.74, 6) is -0.453. The summed E-state index contributed by atoms with van der Waals surface area (Å²) < 4.78 is 0. The second-order valence-corrected chi connectivity index (χ2v) is 7.36. The second kappa shape index (κ2) is 7.85. The summed E-state index contributed by atoms with van der Waals surface area (Å²) in [4.78, 5) is 20.2. The Balaban J connectivity index is 1.48. The Morgan fingerprint density at radius 2 is 2.11 bits per heavy atom. The summed E-state index contributed by atoms with van der Waals surface area (Å²) >= 11 is 1.57. The van der Waals surface area contributed by atoms with Crippen LogP contribution in [0.1, 0.15) is 11.6 Å². The predicted octanol–water partition coefficient (Wildman–Crippen LogP) is 3.03. The van der Waals surface area contributed by atoms with E-state index in [4.69, 9.17) is 0 Å². The first-order valence-electron chi connectivity index (χ1n) is 8.73. The van der Waals surface area contributed by atoms with Gasteiger partial charge in [0, 0.05) is 23.5 Å². The highest BCUT2D eigenvalue weighted by atomic mass is 32.2. The quantitative estimate of drug-likeness (QED) is 0.528. The number of pyridine rings is 1. The van der Waals surface area contributed by atoms with Gasteiger partial charge in [-0.05, 0) is 23.1 Å². The lowest BCUT2D eigenvalue weighted by atomic mass is 10.0. The van der Waals surface area contributed by atoms with E-state index in [2.05, 4.69) is 20.6 Å². The molecule has 138 valence electrons. The van der Waals surface area contributed by atoms with Crippen LogP contribution in [0.4, 0.5) is 5.69 Å². The van der Waals surface area contributed by atoms with Crippen LogP contribution in [0.25, 0.3) is 11.0 Å². The molecule has 1 aliphatic rings. The van der Waals surface area contributed by atoms with E-state index in [1.807, 2.05) is 60.1 Å². The summed E-state index contributed by atoms with van der Waals surface area (Å²) in [6.45, 7) is -0.147. The Kier molecular flexibility index (Phi) is 5.13. The van der Waals surface area contributed by atoms with Gasteiger partial charge in [-0.1, -0.05) is 36.4 Å². The van der Waals surface area contributed by atoms with E-state index in [0.717, 1.165) is 22.3 Å². The number of aliphatic hydroxyl groups excluding tert-OH is 1. The van der Waals surface area contributed by atoms with Crippen LogP contribution in [0.2, 0.25) is 0 Å². The third-order valence-corrected chi connectivity index (χ3v) is 5.62. The molecule has 0 aliphatic carbocycles. The van der Waals surface area contributed by atoms with E-state index in [0.29, 0.717) is 0 Å². The standard InChI is InChI=1S/C20H20N4O2S/c25-12-17(13-4-2-1-3-5-13)23-19(26)15-8-11-27-20(15)24-16-7-10-22-18-14(16)6-9-21-18/h1-11,15,17,20,25H,12H2,(H,23,26)(H2,21,22,24)/t15?,17-,20?/m1/s1. The van der Waals surface area contributed by atoms with Crippen molar-refractivity contribution in [3.05, 3.63) is 71.9 Å². The maximum atomic E-state index is 12.9. The summed E-state index contributed by atoms with van der Waals surface area (Å²) in [6, 6.07) is 12.9. The number of carbonyl (C=O) groups excluding carboxylic acids is 1. The number of nitrogens with zero attached hydrogens (tertiary/aromatic N) is 1. The van der Waals surface area contributed by atoms with Crippen LogP contribution in [-0.4, -0.2) is 33.0 Å². The Morgan fingerprint density at radius 1 is 1.26 bits per heavy atom. The lowest BCUT2D eigenvalue weighted by molar-refractivity contribution is -0.124. The maximum Gasteiger partial charge on any atom is 0.230 e. The predicted molar refractivity (Wildman–Crippen MR) is 108 cm³/mol. The smallest absolute Gasteiger partial charge is 0.230 e. The molecule has 1 amide bonds. The highest BCUT2D eigenvalue weighted by Gasteiger charge is 2.31. The average Bonchev–Trinajstić information content (AvgIpc) is 3.36. The summed E-state index contributed by atoms with van der Waals surface area (Å²) in [7, 11) is 0. The van der Waals surface area contributed by atoms with Crippen molar-refractivity contribution in [1.29, 1.82) is 0 Å². The zero-order valence-corrected chi connectivity index (χ0v) is 15.3. The van der Waals surface area contributed by atoms with E-state index in [1.165, 1.54) is 0 Å². The molecule has 1 aromatic carbocycles. The summed E-state index contributed by atoms with van der Waals surface area (Å²) in [5, 5.41) is 18.9. The number of nitrogens with one attached hydrogen (secondary N) is 3. The molecule has 3 atom stereocenters. The molecule has 4 rings (SSSR count). The molecule has 6 nitrogen and oxygen atoms in total. The molecule has 4 N–H and O–H groups in total. The number of hydrogen-bond acceptors (Lipinski definition) is 5. The lowest BCUT2D eigenvalue weighted by Gasteiger charge is -2.24. The number of H-pyrrole nitrogens is 1. The third-order valence-electron chi connectivity index (χ3n) is 4.60. The molecule has 3 aromatic rings. The number of aliphatic hydroxyl groups is 1. The molecule has 1 aliphatic heterocycles. The van der Waals surface area contributed by atoms with Gasteiger partial charge in [-0.2, -0.15) is 0 Å². The number of benzene rings is 1. The lowest BCUT2D eigenvalue weighted by Crippen LogP contribution is -2.39. The fraction of sp³-hybridized carbons (Fsp3) is 0.200. The number of fused-ring (bicyclic) bond motifs is 1. The molecule has 0 bridgehead atoms. The van der Waals surface area contributed by atoms with Gasteiger partial charge < -0.3 is 20.7 Å². The topological polar surface area (TPSA) is 90.0 Å². The molecular formula is C20H20N4O2S. The number of aromatic amines is 1. The molecule has 0 fully saturated rings. The van der Waals surface area contributed by atoms with Crippen LogP contribution in [0.3, 0.4) is 0 Å². The Labute approximate surface area is 161 Å². The molecule has 0 saturated carbocycles. The minimum atomic E-state index is -0.421. The van der Waals surface area contributed by atoms with Gasteiger partial charge in [0.05, 0.1) is 23.9 Å². The third kappa shape index (κ3) is 3.70. The van der Waals surface area contributed by atoms with Gasteiger partial charge in [-0.25, -0.2) is 4.98 Å². The number of anilines is 1. The van der Waals surface area contributed by atoms with Crippen LogP contribution < -0.4 is 10.6 Å². The van der Waals surface area contributed by atoms with Gasteiger partial charge in [-0.15, -0.1) is 11.8 Å². The molecule has 2 aromatic heterocycles. The minimum Gasteiger partial charge on any atom is -0.394 e. The number of thioether (sulfide) groups is 1. The SMILES string of the molecule is O=C(N[C@H](CO)c1ccccc1)C1C=CSC1Nc1ccnc2[nH]ccc12. The van der Waals surface area contributed by atoms with Crippen LogP contribution in [0.15, 0.2) is 66.3 Å². The van der Waals surface area contributed by atoms with Gasteiger partial charge in [0.1, 0.15) is 5.65 Å². The van der Waals surface area contributed by atoms with E-state index < -0.39 is 6.04 Å². The van der Waals surface area contributed by atoms with E-state index in [1.54, 1.807) is 18.0 Å². The van der Waals surface area contributed by atoms with Crippen LogP contribution in [-0.2, 0) is 4.79 Å². The summed E-state index contributed by atoms with van der Waals surface area (Å²) in [6.07, 6.45) is 5.48. The largest absolute Gasteiger partial charge is 0.394 e. The van der Waals surface area contributed by atoms with Crippen molar-refractivity contribution in [3.8, 4) is 0 Å². The minimum absolute atomic E-state index is 0.115. The fourth-order valence-corrected chi connectivity index (χ4v) is 4.18. The Bertz CT molecular complexity index is 957. The van der Waals surface area contributed by atoms with E-state index in [9.17, 15) is 9.90 Å². The first kappa shape index (κ1) is 17.6. The molecular weight excluding hydrogens is 360 g/mol. The molecule has 0 radical (unpaired) electrons. The fourth-order valence-electron chi connectivity index (χ4n) is 3.18. The van der Waals surface area contributed by atoms with E-state index >= 15 is 0 Å². The molecule has 7 heteroatoms. The number of rotatable bonds is 6. The monoisotopic (exact) mass is 380 g/mol. The highest BCUT2D eigenvalue weighted by Crippen LogP contribution is 2.33. The highest BCUT2D eigenvalue weighted by molar-refractivity contribution is 8.03. The van der Waals surface area contributed by atoms with E-state index in [-0.39, 0.29) is 23.8 Å². The van der Waals surface area contributed by atoms with Crippen molar-refractivity contribution in [2.75, 3.05) is 11.9 Å². The van der Waals surface area contributed by atoms with Gasteiger partial charge in [0.2, 0.25) is 5.91 Å². The number of hydrogen-bond donors (Lipinski definition) is 4. The van der Waals surface area contributed by atoms with Crippen molar-refractivity contribution in [1.82, 2.24) is 15.3 Å². The Hall–Kier alpha value is -2.77. The van der Waals surface area contributed by atoms with Gasteiger partial charge in [0.15, 0.2) is 0 Å². The number of carbonyl (C=O) groups is 1. The number of amides is 1. The zero-order valence-electron chi connectivity index (χ0n) is 14.5. The maximum absolute atomic E-state index is 12.9. The molecule has 0 saturated heterocycles. The van der Waals surface area contributed by atoms with Gasteiger partial charge in [0.25, 0.3) is 0 Å². The summed E-state index contributed by atoms with van der Waals surface area (Å²) in [5.41, 5.74) is 2.62.